The molecule has 0 saturated carbocycles. The maximum Gasteiger partial charge on any atom is 0.317 e. The van der Waals surface area contributed by atoms with Gasteiger partial charge in [0, 0.05) is 18.2 Å². The zero-order chi connectivity index (χ0) is 12.0. The molecule has 1 aromatic rings. The molecule has 0 unspecified atom stereocenters. The molecule has 0 radical (unpaired) electrons. The van der Waals surface area contributed by atoms with Crippen LogP contribution >= 0.6 is 12.4 Å². The number of carboxylic acids is 1. The Morgan fingerprint density at radius 3 is 2.59 bits per heavy atom. The van der Waals surface area contributed by atoms with Crippen LogP contribution in [0.3, 0.4) is 0 Å². The second-order valence-corrected chi connectivity index (χ2v) is 3.18. The van der Waals surface area contributed by atoms with Gasteiger partial charge in [0.2, 0.25) is 0 Å². The molecule has 5 nitrogen and oxygen atoms in total. The summed E-state index contributed by atoms with van der Waals surface area (Å²) in [6, 6.07) is 5.41. The van der Waals surface area contributed by atoms with Gasteiger partial charge in [-0.2, -0.15) is 0 Å². The van der Waals surface area contributed by atoms with E-state index in [-0.39, 0.29) is 19.0 Å². The molecule has 0 atom stereocenters. The van der Waals surface area contributed by atoms with Crippen LogP contribution in [0, 0.1) is 0 Å². The van der Waals surface area contributed by atoms with Crippen molar-refractivity contribution < 1.29 is 19.4 Å². The predicted molar refractivity (Wildman–Crippen MR) is 66.1 cm³/mol. The summed E-state index contributed by atoms with van der Waals surface area (Å²) in [7, 11) is 3.15. The van der Waals surface area contributed by atoms with Crippen molar-refractivity contribution in [1.29, 1.82) is 0 Å². The van der Waals surface area contributed by atoms with Crippen LogP contribution in [0.4, 0.5) is 0 Å². The molecule has 17 heavy (non-hydrogen) atoms. The molecule has 0 aromatic heterocycles. The summed E-state index contributed by atoms with van der Waals surface area (Å²) in [4.78, 5) is 10.3. The van der Waals surface area contributed by atoms with E-state index in [0.717, 1.165) is 5.56 Å². The third-order valence-corrected chi connectivity index (χ3v) is 2.09. The molecule has 0 aliphatic heterocycles. The van der Waals surface area contributed by atoms with Gasteiger partial charge < -0.3 is 19.9 Å². The summed E-state index contributed by atoms with van der Waals surface area (Å²) in [6.07, 6.45) is 0. The van der Waals surface area contributed by atoms with Gasteiger partial charge in [-0.05, 0) is 6.07 Å². The number of hydrogen-bond acceptors (Lipinski definition) is 4. The third kappa shape index (κ3) is 4.93. The quantitative estimate of drug-likeness (QED) is 0.808. The Bertz CT molecular complexity index is 370. The first-order valence-electron chi connectivity index (χ1n) is 4.80. The molecule has 0 aliphatic carbocycles. The fourth-order valence-corrected chi connectivity index (χ4v) is 1.30. The van der Waals surface area contributed by atoms with Crippen molar-refractivity contribution in [3.63, 3.8) is 0 Å². The number of methoxy groups -OCH3 is 2. The summed E-state index contributed by atoms with van der Waals surface area (Å²) < 4.78 is 10.2. The first kappa shape index (κ1) is 15.5. The van der Waals surface area contributed by atoms with Gasteiger partial charge in [-0.3, -0.25) is 4.79 Å². The highest BCUT2D eigenvalue weighted by Crippen LogP contribution is 2.24. The van der Waals surface area contributed by atoms with Crippen LogP contribution in [-0.2, 0) is 11.3 Å². The molecule has 0 amide bonds. The minimum Gasteiger partial charge on any atom is -0.497 e. The lowest BCUT2D eigenvalue weighted by Crippen LogP contribution is -2.22. The first-order valence-corrected chi connectivity index (χ1v) is 4.80. The van der Waals surface area contributed by atoms with Crippen molar-refractivity contribution in [3.05, 3.63) is 23.8 Å². The van der Waals surface area contributed by atoms with E-state index in [4.69, 9.17) is 14.6 Å². The van der Waals surface area contributed by atoms with Crippen LogP contribution in [-0.4, -0.2) is 31.8 Å². The monoisotopic (exact) mass is 261 g/mol. The van der Waals surface area contributed by atoms with Gasteiger partial charge in [0.05, 0.1) is 20.8 Å². The van der Waals surface area contributed by atoms with Crippen molar-refractivity contribution in [2.24, 2.45) is 0 Å². The second-order valence-electron chi connectivity index (χ2n) is 3.18. The number of rotatable bonds is 6. The lowest BCUT2D eigenvalue weighted by atomic mass is 10.2. The summed E-state index contributed by atoms with van der Waals surface area (Å²) in [5, 5.41) is 11.3. The fraction of sp³-hybridized carbons (Fsp3) is 0.364. The highest BCUT2D eigenvalue weighted by atomic mass is 35.5. The van der Waals surface area contributed by atoms with Crippen LogP contribution in [0.15, 0.2) is 18.2 Å². The first-order chi connectivity index (χ1) is 7.67. The highest BCUT2D eigenvalue weighted by molar-refractivity contribution is 5.85. The Balaban J connectivity index is 0.00000256. The molecule has 0 heterocycles. The number of ether oxygens (including phenoxy) is 2. The van der Waals surface area contributed by atoms with E-state index < -0.39 is 5.97 Å². The van der Waals surface area contributed by atoms with Gasteiger partial charge in [0.15, 0.2) is 0 Å². The number of benzene rings is 1. The van der Waals surface area contributed by atoms with E-state index in [0.29, 0.717) is 18.0 Å². The Hall–Kier alpha value is -1.46. The number of carboxylic acid groups (broad SMARTS) is 1. The predicted octanol–water partition coefficient (Wildman–Crippen LogP) is 1.30. The fourth-order valence-electron chi connectivity index (χ4n) is 1.30. The molecule has 0 aliphatic rings. The molecule has 1 rings (SSSR count). The minimum atomic E-state index is -0.882. The van der Waals surface area contributed by atoms with Gasteiger partial charge in [-0.15, -0.1) is 12.4 Å². The van der Waals surface area contributed by atoms with Gasteiger partial charge in [0.1, 0.15) is 11.5 Å². The molecule has 2 N–H and O–H groups in total. The van der Waals surface area contributed by atoms with Crippen molar-refractivity contribution in [1.82, 2.24) is 5.32 Å². The number of halogens is 1. The topological polar surface area (TPSA) is 67.8 Å². The summed E-state index contributed by atoms with van der Waals surface area (Å²) in [5.41, 5.74) is 0.893. The van der Waals surface area contributed by atoms with Gasteiger partial charge in [0.25, 0.3) is 0 Å². The average Bonchev–Trinajstić information content (AvgIpc) is 2.29. The normalized spacial score (nSPS) is 9.29. The van der Waals surface area contributed by atoms with Crippen LogP contribution in [0.2, 0.25) is 0 Å². The van der Waals surface area contributed by atoms with E-state index in [9.17, 15) is 4.79 Å². The summed E-state index contributed by atoms with van der Waals surface area (Å²) >= 11 is 0. The number of nitrogens with one attached hydrogen (secondary N) is 1. The van der Waals surface area contributed by atoms with E-state index in [1.807, 2.05) is 6.07 Å². The van der Waals surface area contributed by atoms with Crippen LogP contribution < -0.4 is 14.8 Å². The number of hydrogen-bond donors (Lipinski definition) is 2. The smallest absolute Gasteiger partial charge is 0.317 e. The third-order valence-electron chi connectivity index (χ3n) is 2.09. The van der Waals surface area contributed by atoms with E-state index >= 15 is 0 Å². The Morgan fingerprint density at radius 1 is 1.35 bits per heavy atom. The van der Waals surface area contributed by atoms with Crippen molar-refractivity contribution >= 4 is 18.4 Å². The van der Waals surface area contributed by atoms with Crippen molar-refractivity contribution in [2.45, 2.75) is 6.54 Å². The highest BCUT2D eigenvalue weighted by Gasteiger charge is 2.05. The zero-order valence-corrected chi connectivity index (χ0v) is 10.5. The molecule has 6 heteroatoms. The molecule has 0 spiro atoms. The Labute approximate surface area is 106 Å². The van der Waals surface area contributed by atoms with E-state index in [1.165, 1.54) is 0 Å². The van der Waals surface area contributed by atoms with E-state index in [2.05, 4.69) is 5.32 Å². The largest absolute Gasteiger partial charge is 0.497 e. The van der Waals surface area contributed by atoms with E-state index in [1.54, 1.807) is 26.4 Å². The van der Waals surface area contributed by atoms with Gasteiger partial charge in [-0.1, -0.05) is 6.07 Å². The molecular weight excluding hydrogens is 246 g/mol. The van der Waals surface area contributed by atoms with Crippen LogP contribution in [0.5, 0.6) is 11.5 Å². The lowest BCUT2D eigenvalue weighted by Gasteiger charge is -2.10. The number of aliphatic carboxylic acids is 1. The maximum absolute atomic E-state index is 10.3. The molecule has 0 fully saturated rings. The molecular formula is C11H16ClNO4. The summed E-state index contributed by atoms with van der Waals surface area (Å²) in [6.45, 7) is 0.370. The minimum absolute atomic E-state index is 0. The van der Waals surface area contributed by atoms with Crippen molar-refractivity contribution in [3.8, 4) is 11.5 Å². The molecule has 1 aromatic carbocycles. The lowest BCUT2D eigenvalue weighted by molar-refractivity contribution is -0.136. The summed E-state index contributed by atoms with van der Waals surface area (Å²) in [5.74, 6) is 0.503. The maximum atomic E-state index is 10.3. The van der Waals surface area contributed by atoms with Crippen molar-refractivity contribution in [2.75, 3.05) is 20.8 Å². The standard InChI is InChI=1S/C11H15NO4.ClH/c1-15-9-4-3-8(10(5-9)16-2)6-12-7-11(13)14;/h3-5,12H,6-7H2,1-2H3,(H,13,14);1H. The average molecular weight is 262 g/mol. The molecule has 0 saturated heterocycles. The molecule has 0 bridgehead atoms. The Kier molecular flexibility index (Phi) is 7.09. The van der Waals surface area contributed by atoms with Gasteiger partial charge >= 0.3 is 5.97 Å². The number of carbonyl (C=O) groups is 1. The van der Waals surface area contributed by atoms with Crippen LogP contribution in [0.1, 0.15) is 5.56 Å². The zero-order valence-electron chi connectivity index (χ0n) is 9.73. The second kappa shape index (κ2) is 7.76. The molecule has 96 valence electrons. The van der Waals surface area contributed by atoms with Gasteiger partial charge in [-0.25, -0.2) is 0 Å². The Morgan fingerprint density at radius 2 is 2.06 bits per heavy atom. The van der Waals surface area contributed by atoms with Crippen LogP contribution in [0.25, 0.3) is 0 Å². The SMILES string of the molecule is COc1ccc(CNCC(=O)O)c(OC)c1.Cl.